The molecule has 1 aromatic rings. The number of rotatable bonds is 23. The highest BCUT2D eigenvalue weighted by molar-refractivity contribution is 7.98. The largest absolute Gasteiger partial charge is 0.498 e. The van der Waals surface area contributed by atoms with Crippen LogP contribution in [0.25, 0.3) is 0 Å². The molecule has 6 amide bonds. The number of amides is 6. The summed E-state index contributed by atoms with van der Waals surface area (Å²) < 4.78 is 5.72. The Hall–Kier alpha value is -4.66. The van der Waals surface area contributed by atoms with Crippen molar-refractivity contribution in [3.05, 3.63) is 59.9 Å². The topological polar surface area (TPSA) is 183 Å². The van der Waals surface area contributed by atoms with Crippen molar-refractivity contribution >= 4 is 53.0 Å². The summed E-state index contributed by atoms with van der Waals surface area (Å²) in [6.45, 7) is 6.05. The van der Waals surface area contributed by atoms with Crippen LogP contribution in [-0.4, -0.2) is 115 Å². The van der Waals surface area contributed by atoms with E-state index in [1.807, 2.05) is 39.0 Å². The number of Topliss-reactive ketones (excluding diaryl/α,β-unsaturated/α-hetero) is 1. The summed E-state index contributed by atoms with van der Waals surface area (Å²) in [5.41, 5.74) is 0.555. The van der Waals surface area contributed by atoms with E-state index in [2.05, 4.69) is 27.5 Å². The monoisotopic (exact) mass is 838 g/mol. The van der Waals surface area contributed by atoms with E-state index in [4.69, 9.17) is 4.74 Å². The van der Waals surface area contributed by atoms with Gasteiger partial charge in [-0.05, 0) is 80.9 Å². The third-order valence-electron chi connectivity index (χ3n) is 10.6. The van der Waals surface area contributed by atoms with Crippen LogP contribution < -0.4 is 21.3 Å². The number of carbonyl (C=O) groups excluding carboxylic acids is 7. The summed E-state index contributed by atoms with van der Waals surface area (Å²) in [6, 6.07) is 4.81. The Morgan fingerprint density at radius 2 is 1.66 bits per heavy atom. The number of likely N-dealkylation sites (tertiary alicyclic amines) is 1. The van der Waals surface area contributed by atoms with Crippen LogP contribution in [0.15, 0.2) is 54.3 Å². The van der Waals surface area contributed by atoms with Gasteiger partial charge < -0.3 is 35.8 Å². The molecule has 5 unspecified atom stereocenters. The van der Waals surface area contributed by atoms with Crippen molar-refractivity contribution in [2.24, 2.45) is 11.8 Å². The highest BCUT2D eigenvalue weighted by Gasteiger charge is 2.42. The second-order valence-electron chi connectivity index (χ2n) is 15.7. The quantitative estimate of drug-likeness (QED) is 0.0543. The molecule has 1 saturated heterocycles. The van der Waals surface area contributed by atoms with E-state index >= 15 is 0 Å². The lowest BCUT2D eigenvalue weighted by atomic mass is 9.83. The zero-order chi connectivity index (χ0) is 43.3. The Balaban J connectivity index is 1.63. The second-order valence-corrected chi connectivity index (χ2v) is 16.7. The molecule has 1 aromatic carbocycles. The normalized spacial score (nSPS) is 18.0. The van der Waals surface area contributed by atoms with Gasteiger partial charge in [-0.2, -0.15) is 11.8 Å². The molecular weight excluding hydrogens is 773 g/mol. The molecule has 2 aliphatic rings. The van der Waals surface area contributed by atoms with Gasteiger partial charge in [-0.1, -0.05) is 82.0 Å². The average Bonchev–Trinajstić information content (AvgIpc) is 3.73. The van der Waals surface area contributed by atoms with Crippen molar-refractivity contribution in [1.29, 1.82) is 0 Å². The standard InChI is InChI=1S/C44H66N6O8S/c1-7-17-34(40(53)42(55)45-29-37(52)48-38(43(56)49(4)5)32-20-10-8-11-21-32)46-41(54)35-24-15-25-50(35)44(57)39(33-22-12-9-13-23-33)47-36(51)28-30(2)18-14-19-31(3)58-26-16-27-59-6/h8,10-11,14,18-21,30,33-35,38-39H,7,9,12-13,15-17,22-29H2,1-6H3,(H,45,55)(H,46,54)(H,47,51)(H,48,52)/b18-14-,31-19+. The summed E-state index contributed by atoms with van der Waals surface area (Å²) in [5, 5.41) is 10.7. The van der Waals surface area contributed by atoms with Crippen LogP contribution in [0.2, 0.25) is 0 Å². The fourth-order valence-electron chi connectivity index (χ4n) is 7.42. The first-order valence-corrected chi connectivity index (χ1v) is 22.4. The van der Waals surface area contributed by atoms with E-state index < -0.39 is 54.2 Å². The average molecular weight is 839 g/mol. The number of likely N-dealkylation sites (N-methyl/N-ethyl adjacent to an activating group) is 1. The van der Waals surface area contributed by atoms with Gasteiger partial charge in [-0.15, -0.1) is 0 Å². The summed E-state index contributed by atoms with van der Waals surface area (Å²) >= 11 is 1.78. The Bertz CT molecular complexity index is 1630. The Morgan fingerprint density at radius 3 is 2.32 bits per heavy atom. The molecular formula is C44H66N6O8S. The zero-order valence-electron chi connectivity index (χ0n) is 35.8. The molecule has 0 radical (unpaired) electrons. The van der Waals surface area contributed by atoms with E-state index in [0.29, 0.717) is 38.0 Å². The predicted octanol–water partition coefficient (Wildman–Crippen LogP) is 4.21. The van der Waals surface area contributed by atoms with Crippen molar-refractivity contribution in [3.8, 4) is 0 Å². The van der Waals surface area contributed by atoms with E-state index in [1.165, 1.54) is 9.80 Å². The van der Waals surface area contributed by atoms with E-state index in [1.54, 1.807) is 56.2 Å². The molecule has 59 heavy (non-hydrogen) atoms. The van der Waals surface area contributed by atoms with E-state index in [9.17, 15) is 33.6 Å². The lowest BCUT2D eigenvalue weighted by Gasteiger charge is -2.35. The first kappa shape index (κ1) is 48.7. The SMILES string of the molecule is CCCC(NC(=O)C1CCCN1C(=O)C(NC(=O)CC(C)/C=C\C=C(/C)OCCCSC)C1CCCCC1)C(=O)C(=O)NCC(=O)NC(C(=O)N(C)C)c1ccccc1. The molecule has 0 aromatic heterocycles. The number of thioether (sulfide) groups is 1. The molecule has 326 valence electrons. The van der Waals surface area contributed by atoms with Gasteiger partial charge in [0.25, 0.3) is 5.91 Å². The van der Waals surface area contributed by atoms with Crippen LogP contribution in [0, 0.1) is 11.8 Å². The molecule has 0 spiro atoms. The minimum atomic E-state index is -1.19. The van der Waals surface area contributed by atoms with Gasteiger partial charge in [0.2, 0.25) is 35.3 Å². The summed E-state index contributed by atoms with van der Waals surface area (Å²) in [7, 11) is 3.13. The third-order valence-corrected chi connectivity index (χ3v) is 11.3. The lowest BCUT2D eigenvalue weighted by Crippen LogP contribution is -2.58. The van der Waals surface area contributed by atoms with Crippen LogP contribution in [0.4, 0.5) is 0 Å². The smallest absolute Gasteiger partial charge is 0.290 e. The number of hydrogen-bond acceptors (Lipinski definition) is 9. The number of benzene rings is 1. The molecule has 1 saturated carbocycles. The Labute approximate surface area is 354 Å². The molecule has 4 N–H and O–H groups in total. The fourth-order valence-corrected chi connectivity index (χ4v) is 7.83. The summed E-state index contributed by atoms with van der Waals surface area (Å²) in [4.78, 5) is 96.5. The van der Waals surface area contributed by atoms with Crippen LogP contribution in [0.1, 0.15) is 103 Å². The fraction of sp³-hybridized carbons (Fsp3) is 0.614. The second kappa shape index (κ2) is 25.7. The van der Waals surface area contributed by atoms with E-state index in [-0.39, 0.29) is 42.4 Å². The van der Waals surface area contributed by atoms with Crippen LogP contribution in [0.5, 0.6) is 0 Å². The lowest BCUT2D eigenvalue weighted by molar-refractivity contribution is -0.144. The molecule has 2 fully saturated rings. The van der Waals surface area contributed by atoms with Crippen molar-refractivity contribution in [1.82, 2.24) is 31.1 Å². The first-order valence-electron chi connectivity index (χ1n) is 21.0. The van der Waals surface area contributed by atoms with Crippen molar-refractivity contribution < 1.29 is 38.3 Å². The van der Waals surface area contributed by atoms with Gasteiger partial charge >= 0.3 is 0 Å². The van der Waals surface area contributed by atoms with Gasteiger partial charge in [0.1, 0.15) is 18.1 Å². The molecule has 3 rings (SSSR count). The minimum Gasteiger partial charge on any atom is -0.498 e. The number of ketones is 1. The van der Waals surface area contributed by atoms with Gasteiger partial charge in [0.15, 0.2) is 0 Å². The Kier molecular flexibility index (Phi) is 21.3. The maximum Gasteiger partial charge on any atom is 0.290 e. The molecule has 0 bridgehead atoms. The number of nitrogens with one attached hydrogen (secondary N) is 4. The molecule has 1 aliphatic carbocycles. The van der Waals surface area contributed by atoms with Gasteiger partial charge in [-0.3, -0.25) is 33.6 Å². The van der Waals surface area contributed by atoms with Crippen molar-refractivity contribution in [2.75, 3.05) is 45.8 Å². The molecule has 14 nitrogen and oxygen atoms in total. The predicted molar refractivity (Wildman–Crippen MR) is 230 cm³/mol. The van der Waals surface area contributed by atoms with Gasteiger partial charge in [0, 0.05) is 27.1 Å². The highest BCUT2D eigenvalue weighted by atomic mass is 32.2. The van der Waals surface area contributed by atoms with Crippen LogP contribution in [0.3, 0.4) is 0 Å². The number of allylic oxidation sites excluding steroid dienone is 4. The molecule has 1 aliphatic heterocycles. The molecule has 1 heterocycles. The van der Waals surface area contributed by atoms with Crippen molar-refractivity contribution in [3.63, 3.8) is 0 Å². The first-order chi connectivity index (χ1) is 28.3. The number of hydrogen-bond donors (Lipinski definition) is 4. The summed E-state index contributed by atoms with van der Waals surface area (Å²) in [6.07, 6.45) is 15.0. The summed E-state index contributed by atoms with van der Waals surface area (Å²) in [5.74, 6) is -2.46. The number of carbonyl (C=O) groups is 7. The highest BCUT2D eigenvalue weighted by Crippen LogP contribution is 2.30. The molecule has 15 heteroatoms. The number of ether oxygens (including phenoxy) is 1. The number of nitrogens with zero attached hydrogens (tertiary/aromatic N) is 2. The van der Waals surface area contributed by atoms with Gasteiger partial charge in [-0.25, -0.2) is 0 Å². The van der Waals surface area contributed by atoms with Crippen molar-refractivity contribution in [2.45, 2.75) is 116 Å². The third kappa shape index (κ3) is 16.1. The van der Waals surface area contributed by atoms with Crippen LogP contribution in [-0.2, 0) is 38.3 Å². The maximum atomic E-state index is 14.3. The van der Waals surface area contributed by atoms with Crippen LogP contribution >= 0.6 is 11.8 Å². The minimum absolute atomic E-state index is 0.0662. The van der Waals surface area contributed by atoms with E-state index in [0.717, 1.165) is 50.0 Å². The Morgan fingerprint density at radius 1 is 0.949 bits per heavy atom. The zero-order valence-corrected chi connectivity index (χ0v) is 36.6. The van der Waals surface area contributed by atoms with Gasteiger partial charge in [0.05, 0.1) is 25.0 Å². The maximum absolute atomic E-state index is 14.3. The molecule has 5 atom stereocenters.